The fourth-order valence-corrected chi connectivity index (χ4v) is 2.38. The molecule has 1 aliphatic heterocycles. The first-order valence-electron chi connectivity index (χ1n) is 6.66. The van der Waals surface area contributed by atoms with Crippen molar-refractivity contribution in [2.24, 2.45) is 5.73 Å². The minimum absolute atomic E-state index is 0.0823. The van der Waals surface area contributed by atoms with Crippen molar-refractivity contribution < 1.29 is 22.5 Å². The van der Waals surface area contributed by atoms with Gasteiger partial charge in [-0.25, -0.2) is 9.97 Å². The van der Waals surface area contributed by atoms with E-state index in [2.05, 4.69) is 20.1 Å². The molecule has 1 saturated heterocycles. The Bertz CT molecular complexity index is 732. The number of carbonyl (C=O) groups is 1. The lowest BCUT2D eigenvalue weighted by Crippen LogP contribution is -2.26. The van der Waals surface area contributed by atoms with Crippen molar-refractivity contribution in [3.05, 3.63) is 29.7 Å². The van der Waals surface area contributed by atoms with Crippen LogP contribution in [0.4, 0.5) is 19.1 Å². The van der Waals surface area contributed by atoms with Gasteiger partial charge in [-0.1, -0.05) is 5.16 Å². The summed E-state index contributed by atoms with van der Waals surface area (Å²) in [7, 11) is 0. The molecule has 0 unspecified atom stereocenters. The summed E-state index contributed by atoms with van der Waals surface area (Å²) in [6.45, 7) is 0.431. The Hall–Kier alpha value is -2.72. The monoisotopic (exact) mass is 328 g/mol. The van der Waals surface area contributed by atoms with Crippen LogP contribution in [0, 0.1) is 0 Å². The van der Waals surface area contributed by atoms with Crippen molar-refractivity contribution >= 4 is 11.9 Å². The Morgan fingerprint density at radius 3 is 2.83 bits per heavy atom. The third kappa shape index (κ3) is 2.94. The summed E-state index contributed by atoms with van der Waals surface area (Å²) in [6, 6.07) is 0.297. The number of aromatic nitrogens is 4. The largest absolute Gasteiger partial charge is 0.433 e. The van der Waals surface area contributed by atoms with Gasteiger partial charge in [-0.3, -0.25) is 4.79 Å². The summed E-state index contributed by atoms with van der Waals surface area (Å²) in [5, 5.41) is 3.44. The molecule has 2 aromatic rings. The van der Waals surface area contributed by atoms with Gasteiger partial charge in [0.15, 0.2) is 0 Å². The molecule has 0 aromatic carbocycles. The third-order valence-electron chi connectivity index (χ3n) is 3.39. The molecule has 3 heterocycles. The average Bonchev–Trinajstić information content (AvgIpc) is 3.15. The van der Waals surface area contributed by atoms with Crippen molar-refractivity contribution in [1.82, 2.24) is 20.1 Å². The molecule has 2 N–H and O–H groups in total. The van der Waals surface area contributed by atoms with E-state index in [0.717, 1.165) is 12.3 Å². The lowest BCUT2D eigenvalue weighted by atomic mass is 10.2. The topological polar surface area (TPSA) is 111 Å². The lowest BCUT2D eigenvalue weighted by Gasteiger charge is -2.22. The van der Waals surface area contributed by atoms with Crippen LogP contribution in [0.1, 0.15) is 41.1 Å². The highest BCUT2D eigenvalue weighted by Crippen LogP contribution is 2.35. The maximum atomic E-state index is 12.8. The van der Waals surface area contributed by atoms with E-state index in [4.69, 9.17) is 10.3 Å². The first-order chi connectivity index (χ1) is 10.9. The zero-order valence-corrected chi connectivity index (χ0v) is 11.6. The molecule has 1 amide bonds. The number of hydrogen-bond acceptors (Lipinski definition) is 7. The number of nitrogens with two attached hydrogens (primary N) is 1. The average molecular weight is 328 g/mol. The Kier molecular flexibility index (Phi) is 3.62. The van der Waals surface area contributed by atoms with Crippen molar-refractivity contribution in [2.45, 2.75) is 25.1 Å². The summed E-state index contributed by atoms with van der Waals surface area (Å²) in [5.74, 6) is -1.12. The van der Waals surface area contributed by atoms with Crippen molar-refractivity contribution in [1.29, 1.82) is 0 Å². The van der Waals surface area contributed by atoms with Crippen LogP contribution >= 0.6 is 0 Å². The summed E-state index contributed by atoms with van der Waals surface area (Å²) in [4.78, 5) is 23.8. The highest BCUT2D eigenvalue weighted by Gasteiger charge is 2.36. The van der Waals surface area contributed by atoms with Gasteiger partial charge >= 0.3 is 6.18 Å². The maximum Gasteiger partial charge on any atom is 0.433 e. The summed E-state index contributed by atoms with van der Waals surface area (Å²) in [6.07, 6.45) is -2.28. The number of primary amides is 1. The molecule has 122 valence electrons. The highest BCUT2D eigenvalue weighted by atomic mass is 19.4. The first kappa shape index (κ1) is 15.2. The summed E-state index contributed by atoms with van der Waals surface area (Å²) in [5.41, 5.74) is 4.02. The number of halogens is 3. The van der Waals surface area contributed by atoms with Gasteiger partial charge in [0, 0.05) is 12.7 Å². The normalized spacial score (nSPS) is 18.4. The number of rotatable bonds is 3. The molecule has 23 heavy (non-hydrogen) atoms. The van der Waals surface area contributed by atoms with Gasteiger partial charge in [0.1, 0.15) is 11.7 Å². The van der Waals surface area contributed by atoms with E-state index < -0.39 is 23.8 Å². The molecule has 1 aliphatic rings. The number of anilines is 1. The van der Waals surface area contributed by atoms with Crippen LogP contribution in [-0.4, -0.2) is 32.6 Å². The molecule has 0 saturated carbocycles. The number of hydrogen-bond donors (Lipinski definition) is 1. The second-order valence-electron chi connectivity index (χ2n) is 4.91. The van der Waals surface area contributed by atoms with Gasteiger partial charge in [-0.15, -0.1) is 0 Å². The van der Waals surface area contributed by atoms with Gasteiger partial charge in [-0.2, -0.15) is 18.2 Å². The number of amides is 1. The van der Waals surface area contributed by atoms with E-state index in [1.165, 1.54) is 4.90 Å². The Morgan fingerprint density at radius 1 is 1.39 bits per heavy atom. The van der Waals surface area contributed by atoms with Crippen LogP contribution in [0.25, 0.3) is 0 Å². The standard InChI is InChI=1S/C12H11F3N6O2/c13-12(14,15)7-3-4-17-11(18-7)21-5-1-2-6(21)10-19-9(8(16)22)20-23-10/h3-4,6H,1-2,5H2,(H2,16,22)/t6-/m1/s1. The lowest BCUT2D eigenvalue weighted by molar-refractivity contribution is -0.141. The molecule has 8 nitrogen and oxygen atoms in total. The van der Waals surface area contributed by atoms with Gasteiger partial charge in [0.2, 0.25) is 11.8 Å². The van der Waals surface area contributed by atoms with Crippen molar-refractivity contribution in [3.63, 3.8) is 0 Å². The minimum atomic E-state index is -4.56. The van der Waals surface area contributed by atoms with Gasteiger partial charge in [-0.05, 0) is 18.9 Å². The number of nitrogens with zero attached hydrogens (tertiary/aromatic N) is 5. The van der Waals surface area contributed by atoms with Gasteiger partial charge in [0.05, 0.1) is 0 Å². The second-order valence-corrected chi connectivity index (χ2v) is 4.91. The molecule has 0 aliphatic carbocycles. The van der Waals surface area contributed by atoms with Crippen LogP contribution < -0.4 is 10.6 Å². The summed E-state index contributed by atoms with van der Waals surface area (Å²) >= 11 is 0. The SMILES string of the molecule is NC(=O)c1noc([C@H]2CCCN2c2nccc(C(F)(F)F)n2)n1. The Labute approximate surface area is 127 Å². The third-order valence-corrected chi connectivity index (χ3v) is 3.39. The zero-order valence-electron chi connectivity index (χ0n) is 11.6. The Balaban J connectivity index is 1.91. The van der Waals surface area contributed by atoms with Crippen molar-refractivity contribution in [3.8, 4) is 0 Å². The molecule has 1 fully saturated rings. The summed E-state index contributed by atoms with van der Waals surface area (Å²) < 4.78 is 43.3. The Morgan fingerprint density at radius 2 is 2.17 bits per heavy atom. The van der Waals surface area contributed by atoms with Gasteiger partial charge < -0.3 is 15.2 Å². The molecule has 3 rings (SSSR count). The van der Waals surface area contributed by atoms with E-state index in [9.17, 15) is 18.0 Å². The predicted molar refractivity (Wildman–Crippen MR) is 69.2 cm³/mol. The molecular weight excluding hydrogens is 317 g/mol. The van der Waals surface area contributed by atoms with Crippen LogP contribution in [0.15, 0.2) is 16.8 Å². The van der Waals surface area contributed by atoms with Crippen LogP contribution in [0.2, 0.25) is 0 Å². The molecule has 1 atom stereocenters. The van der Waals surface area contributed by atoms with Gasteiger partial charge in [0.25, 0.3) is 11.7 Å². The molecule has 0 radical (unpaired) electrons. The predicted octanol–water partition coefficient (Wildman–Crippen LogP) is 1.32. The fourth-order valence-electron chi connectivity index (χ4n) is 2.38. The van der Waals surface area contributed by atoms with E-state index in [1.807, 2.05) is 0 Å². The smallest absolute Gasteiger partial charge is 0.363 e. The molecule has 2 aromatic heterocycles. The van der Waals surface area contributed by atoms with Crippen LogP contribution in [-0.2, 0) is 6.18 Å². The molecular formula is C12H11F3N6O2. The van der Waals surface area contributed by atoms with Crippen LogP contribution in [0.3, 0.4) is 0 Å². The van der Waals surface area contributed by atoms with E-state index in [-0.39, 0.29) is 17.7 Å². The highest BCUT2D eigenvalue weighted by molar-refractivity contribution is 5.88. The minimum Gasteiger partial charge on any atom is -0.363 e. The quantitative estimate of drug-likeness (QED) is 0.904. The van der Waals surface area contributed by atoms with E-state index >= 15 is 0 Å². The zero-order chi connectivity index (χ0) is 16.6. The molecule has 0 bridgehead atoms. The second kappa shape index (κ2) is 5.48. The fraction of sp³-hybridized carbons (Fsp3) is 0.417. The number of alkyl halides is 3. The van der Waals surface area contributed by atoms with E-state index in [0.29, 0.717) is 19.4 Å². The first-order valence-corrected chi connectivity index (χ1v) is 6.66. The maximum absolute atomic E-state index is 12.8. The van der Waals surface area contributed by atoms with Crippen molar-refractivity contribution in [2.75, 3.05) is 11.4 Å². The van der Waals surface area contributed by atoms with Crippen LogP contribution in [0.5, 0.6) is 0 Å². The van der Waals surface area contributed by atoms with E-state index in [1.54, 1.807) is 0 Å². The molecule has 11 heteroatoms. The molecule has 0 spiro atoms. The number of carbonyl (C=O) groups excluding carboxylic acids is 1.